The zero-order valence-corrected chi connectivity index (χ0v) is 7.35. The molecule has 66 valence electrons. The molecule has 1 heterocycles. The van der Waals surface area contributed by atoms with Crippen LogP contribution in [0.5, 0.6) is 0 Å². The van der Waals surface area contributed by atoms with Crippen LogP contribution in [0.2, 0.25) is 0 Å². The molecule has 0 aliphatic carbocycles. The van der Waals surface area contributed by atoms with E-state index >= 15 is 0 Å². The molecule has 0 spiro atoms. The van der Waals surface area contributed by atoms with E-state index in [4.69, 9.17) is 5.11 Å². The Labute approximate surface area is 68.2 Å². The summed E-state index contributed by atoms with van der Waals surface area (Å²) in [4.78, 5) is 0. The van der Waals surface area contributed by atoms with Crippen molar-refractivity contribution in [3.8, 4) is 0 Å². The van der Waals surface area contributed by atoms with Crippen molar-refractivity contribution in [3.63, 3.8) is 0 Å². The number of β-amino-alcohol motifs (C(OH)–C–C–N with tert-alkyl or cyclic N) is 1. The molecule has 3 N–H and O–H groups in total. The van der Waals surface area contributed by atoms with Gasteiger partial charge in [0.2, 0.25) is 0 Å². The second kappa shape index (κ2) is 3.52. The molecule has 11 heavy (non-hydrogen) atoms. The largest absolute Gasteiger partial charge is 0.392 e. The van der Waals surface area contributed by atoms with Crippen LogP contribution in [-0.4, -0.2) is 36.4 Å². The van der Waals surface area contributed by atoms with Crippen molar-refractivity contribution >= 4 is 0 Å². The van der Waals surface area contributed by atoms with E-state index in [1.807, 2.05) is 0 Å². The highest BCUT2D eigenvalue weighted by molar-refractivity contribution is 4.91. The molecule has 1 aliphatic heterocycles. The van der Waals surface area contributed by atoms with E-state index in [9.17, 15) is 0 Å². The quantitative estimate of drug-likeness (QED) is 0.529. The molecule has 0 aromatic heterocycles. The fourth-order valence-electron chi connectivity index (χ4n) is 1.36. The SMILES string of the molecule is C[C@@H](O)CNC1(C)CCNC1. The first-order valence-electron chi connectivity index (χ1n) is 4.26. The molecule has 0 aromatic rings. The van der Waals surface area contributed by atoms with Gasteiger partial charge in [-0.2, -0.15) is 0 Å². The molecule has 1 rings (SSSR count). The lowest BCUT2D eigenvalue weighted by Crippen LogP contribution is -2.46. The summed E-state index contributed by atoms with van der Waals surface area (Å²) in [6, 6.07) is 0. The number of aliphatic hydroxyl groups excluding tert-OH is 1. The fourth-order valence-corrected chi connectivity index (χ4v) is 1.36. The van der Waals surface area contributed by atoms with Gasteiger partial charge in [0.15, 0.2) is 0 Å². The first kappa shape index (κ1) is 8.97. The minimum absolute atomic E-state index is 0.205. The van der Waals surface area contributed by atoms with Gasteiger partial charge in [-0.25, -0.2) is 0 Å². The van der Waals surface area contributed by atoms with Crippen LogP contribution in [0.4, 0.5) is 0 Å². The van der Waals surface area contributed by atoms with Crippen LogP contribution in [-0.2, 0) is 0 Å². The zero-order valence-electron chi connectivity index (χ0n) is 7.35. The molecule has 1 aliphatic rings. The van der Waals surface area contributed by atoms with Gasteiger partial charge in [-0.1, -0.05) is 0 Å². The lowest BCUT2D eigenvalue weighted by atomic mass is 10.0. The van der Waals surface area contributed by atoms with E-state index in [-0.39, 0.29) is 11.6 Å². The predicted molar refractivity (Wildman–Crippen MR) is 45.6 cm³/mol. The van der Waals surface area contributed by atoms with E-state index in [2.05, 4.69) is 17.6 Å². The molecule has 0 radical (unpaired) electrons. The van der Waals surface area contributed by atoms with E-state index in [0.717, 1.165) is 19.5 Å². The second-order valence-corrected chi connectivity index (χ2v) is 3.72. The summed E-state index contributed by atoms with van der Waals surface area (Å²) < 4.78 is 0. The van der Waals surface area contributed by atoms with Crippen LogP contribution in [0, 0.1) is 0 Å². The molecule has 3 nitrogen and oxygen atoms in total. The summed E-state index contributed by atoms with van der Waals surface area (Å²) in [6.45, 7) is 6.79. The van der Waals surface area contributed by atoms with E-state index < -0.39 is 0 Å². The number of aliphatic hydroxyl groups is 1. The first-order chi connectivity index (χ1) is 5.12. The standard InChI is InChI=1S/C8H18N2O/c1-7(11)5-10-8(2)3-4-9-6-8/h7,9-11H,3-6H2,1-2H3/t7-,8?/m1/s1. The zero-order chi connectivity index (χ0) is 8.32. The number of nitrogens with one attached hydrogen (secondary N) is 2. The summed E-state index contributed by atoms with van der Waals surface area (Å²) in [6.07, 6.45) is 0.909. The lowest BCUT2D eigenvalue weighted by Gasteiger charge is -2.25. The fraction of sp³-hybridized carbons (Fsp3) is 1.00. The number of hydrogen-bond acceptors (Lipinski definition) is 3. The van der Waals surface area contributed by atoms with Crippen molar-refractivity contribution in [2.24, 2.45) is 0 Å². The van der Waals surface area contributed by atoms with Crippen LogP contribution in [0.25, 0.3) is 0 Å². The third kappa shape index (κ3) is 2.77. The van der Waals surface area contributed by atoms with Crippen molar-refractivity contribution in [1.29, 1.82) is 0 Å². The average molecular weight is 158 g/mol. The van der Waals surface area contributed by atoms with Crippen molar-refractivity contribution in [3.05, 3.63) is 0 Å². The van der Waals surface area contributed by atoms with Crippen LogP contribution in [0.15, 0.2) is 0 Å². The smallest absolute Gasteiger partial charge is 0.0636 e. The normalized spacial score (nSPS) is 34.1. The van der Waals surface area contributed by atoms with Gasteiger partial charge < -0.3 is 15.7 Å². The lowest BCUT2D eigenvalue weighted by molar-refractivity contribution is 0.176. The molecule has 0 saturated carbocycles. The first-order valence-corrected chi connectivity index (χ1v) is 4.26. The van der Waals surface area contributed by atoms with Crippen LogP contribution < -0.4 is 10.6 Å². The van der Waals surface area contributed by atoms with Crippen molar-refractivity contribution in [2.45, 2.75) is 31.9 Å². The van der Waals surface area contributed by atoms with Gasteiger partial charge in [0, 0.05) is 18.6 Å². The average Bonchev–Trinajstić information content (AvgIpc) is 2.33. The van der Waals surface area contributed by atoms with Gasteiger partial charge in [0.1, 0.15) is 0 Å². The maximum Gasteiger partial charge on any atom is 0.0636 e. The molecule has 1 unspecified atom stereocenters. The van der Waals surface area contributed by atoms with E-state index in [0.29, 0.717) is 6.54 Å². The minimum atomic E-state index is -0.243. The Bertz CT molecular complexity index is 119. The number of rotatable bonds is 3. The summed E-state index contributed by atoms with van der Waals surface area (Å²) in [5, 5.41) is 15.7. The van der Waals surface area contributed by atoms with Crippen molar-refractivity contribution < 1.29 is 5.11 Å². The van der Waals surface area contributed by atoms with Crippen LogP contribution >= 0.6 is 0 Å². The number of hydrogen-bond donors (Lipinski definition) is 3. The summed E-state index contributed by atoms with van der Waals surface area (Å²) >= 11 is 0. The topological polar surface area (TPSA) is 44.3 Å². The van der Waals surface area contributed by atoms with Gasteiger partial charge >= 0.3 is 0 Å². The van der Waals surface area contributed by atoms with Crippen LogP contribution in [0.3, 0.4) is 0 Å². The molecular formula is C8H18N2O. The van der Waals surface area contributed by atoms with Gasteiger partial charge in [-0.05, 0) is 26.8 Å². The van der Waals surface area contributed by atoms with Crippen LogP contribution in [0.1, 0.15) is 20.3 Å². The molecule has 1 saturated heterocycles. The van der Waals surface area contributed by atoms with Gasteiger partial charge in [-0.15, -0.1) is 0 Å². The Morgan fingerprint density at radius 2 is 2.45 bits per heavy atom. The van der Waals surface area contributed by atoms with Gasteiger partial charge in [-0.3, -0.25) is 0 Å². The Kier molecular flexibility index (Phi) is 2.87. The highest BCUT2D eigenvalue weighted by Crippen LogP contribution is 2.12. The molecule has 1 fully saturated rings. The molecular weight excluding hydrogens is 140 g/mol. The molecule has 2 atom stereocenters. The van der Waals surface area contributed by atoms with Gasteiger partial charge in [0.05, 0.1) is 6.10 Å². The second-order valence-electron chi connectivity index (χ2n) is 3.72. The van der Waals surface area contributed by atoms with Crippen molar-refractivity contribution in [2.75, 3.05) is 19.6 Å². The molecule has 3 heteroatoms. The highest BCUT2D eigenvalue weighted by Gasteiger charge is 2.27. The molecule has 0 amide bonds. The molecule has 0 bridgehead atoms. The summed E-state index contributed by atoms with van der Waals surface area (Å²) in [7, 11) is 0. The maximum atomic E-state index is 9.04. The maximum absolute atomic E-state index is 9.04. The monoisotopic (exact) mass is 158 g/mol. The Morgan fingerprint density at radius 3 is 2.91 bits per heavy atom. The third-order valence-electron chi connectivity index (χ3n) is 2.19. The minimum Gasteiger partial charge on any atom is -0.392 e. The third-order valence-corrected chi connectivity index (χ3v) is 2.19. The van der Waals surface area contributed by atoms with E-state index in [1.54, 1.807) is 6.92 Å². The molecule has 0 aromatic carbocycles. The van der Waals surface area contributed by atoms with Gasteiger partial charge in [0.25, 0.3) is 0 Å². The Balaban J connectivity index is 2.23. The summed E-state index contributed by atoms with van der Waals surface area (Å²) in [5.74, 6) is 0. The van der Waals surface area contributed by atoms with Crippen molar-refractivity contribution in [1.82, 2.24) is 10.6 Å². The Morgan fingerprint density at radius 1 is 1.73 bits per heavy atom. The Hall–Kier alpha value is -0.120. The van der Waals surface area contributed by atoms with E-state index in [1.165, 1.54) is 0 Å². The predicted octanol–water partition coefficient (Wildman–Crippen LogP) is -0.291. The highest BCUT2D eigenvalue weighted by atomic mass is 16.3. The summed E-state index contributed by atoms with van der Waals surface area (Å²) in [5.41, 5.74) is 0.205.